The summed E-state index contributed by atoms with van der Waals surface area (Å²) in [5.74, 6) is -2.20. The van der Waals surface area contributed by atoms with Crippen molar-refractivity contribution < 1.29 is 15.3 Å². The summed E-state index contributed by atoms with van der Waals surface area (Å²) in [6.45, 7) is 0. The molecule has 3 heteroatoms. The van der Waals surface area contributed by atoms with Gasteiger partial charge in [0.25, 0.3) is 0 Å². The highest BCUT2D eigenvalue weighted by molar-refractivity contribution is 5.97. The standard InChI is InChI=1S/C13H10O3/c14-11-7-13(15,16)10-6-2-4-8-3-1-5-9(11)12(8)10/h1-7,14-16H. The van der Waals surface area contributed by atoms with Crippen LogP contribution in [0.4, 0.5) is 0 Å². The smallest absolute Gasteiger partial charge is 0.214 e. The molecule has 80 valence electrons. The van der Waals surface area contributed by atoms with Gasteiger partial charge in [0, 0.05) is 22.6 Å². The SMILES string of the molecule is OC1=CC(O)(O)c2cccc3cccc1c23. The monoisotopic (exact) mass is 214 g/mol. The Kier molecular flexibility index (Phi) is 1.67. The third-order valence-corrected chi connectivity index (χ3v) is 2.92. The molecule has 0 bridgehead atoms. The van der Waals surface area contributed by atoms with Crippen molar-refractivity contribution in [2.45, 2.75) is 5.79 Å². The zero-order chi connectivity index (χ0) is 11.3. The molecule has 1 aliphatic carbocycles. The number of hydrogen-bond acceptors (Lipinski definition) is 3. The molecule has 0 spiro atoms. The van der Waals surface area contributed by atoms with Gasteiger partial charge < -0.3 is 15.3 Å². The van der Waals surface area contributed by atoms with Crippen LogP contribution < -0.4 is 0 Å². The predicted molar refractivity (Wildman–Crippen MR) is 60.7 cm³/mol. The number of aliphatic hydroxyl groups excluding tert-OH is 1. The molecule has 2 aromatic carbocycles. The van der Waals surface area contributed by atoms with Crippen molar-refractivity contribution in [3.8, 4) is 0 Å². The second-order valence-electron chi connectivity index (χ2n) is 3.96. The van der Waals surface area contributed by atoms with Crippen LogP contribution in [0.2, 0.25) is 0 Å². The molecular weight excluding hydrogens is 204 g/mol. The van der Waals surface area contributed by atoms with Gasteiger partial charge in [-0.3, -0.25) is 0 Å². The van der Waals surface area contributed by atoms with E-state index < -0.39 is 5.79 Å². The highest BCUT2D eigenvalue weighted by Crippen LogP contribution is 2.38. The summed E-state index contributed by atoms with van der Waals surface area (Å²) >= 11 is 0. The molecule has 0 heterocycles. The first-order valence-corrected chi connectivity index (χ1v) is 4.99. The molecule has 0 aromatic heterocycles. The quantitative estimate of drug-likeness (QED) is 0.587. The topological polar surface area (TPSA) is 60.7 Å². The summed E-state index contributed by atoms with van der Waals surface area (Å²) < 4.78 is 0. The van der Waals surface area contributed by atoms with Gasteiger partial charge in [0.1, 0.15) is 5.76 Å². The molecule has 16 heavy (non-hydrogen) atoms. The minimum atomic E-state index is -2.10. The van der Waals surface area contributed by atoms with Crippen LogP contribution in [0.5, 0.6) is 0 Å². The lowest BCUT2D eigenvalue weighted by molar-refractivity contribution is -0.124. The Morgan fingerprint density at radius 1 is 0.938 bits per heavy atom. The Balaban J connectivity index is 2.54. The number of rotatable bonds is 0. The molecule has 0 amide bonds. The molecule has 3 N–H and O–H groups in total. The lowest BCUT2D eigenvalue weighted by atomic mass is 9.88. The van der Waals surface area contributed by atoms with Crippen LogP contribution in [0.25, 0.3) is 16.5 Å². The number of aliphatic hydroxyl groups is 3. The second kappa shape index (κ2) is 2.84. The van der Waals surface area contributed by atoms with E-state index in [0.717, 1.165) is 11.5 Å². The van der Waals surface area contributed by atoms with Gasteiger partial charge in [0.15, 0.2) is 0 Å². The van der Waals surface area contributed by atoms with Gasteiger partial charge in [-0.15, -0.1) is 0 Å². The predicted octanol–water partition coefficient (Wildman–Crippen LogP) is 1.89. The molecule has 0 saturated heterocycles. The average molecular weight is 214 g/mol. The van der Waals surface area contributed by atoms with E-state index in [0.29, 0.717) is 16.5 Å². The van der Waals surface area contributed by atoms with Crippen molar-refractivity contribution >= 4 is 16.5 Å². The summed E-state index contributed by atoms with van der Waals surface area (Å²) in [6, 6.07) is 10.7. The molecule has 0 saturated carbocycles. The van der Waals surface area contributed by atoms with Gasteiger partial charge in [-0.05, 0) is 5.39 Å². The van der Waals surface area contributed by atoms with Gasteiger partial charge in [0.05, 0.1) is 0 Å². The van der Waals surface area contributed by atoms with Crippen LogP contribution in [0.1, 0.15) is 11.1 Å². The summed E-state index contributed by atoms with van der Waals surface area (Å²) in [4.78, 5) is 0. The Hall–Kier alpha value is -1.84. The molecule has 2 aromatic rings. The molecular formula is C13H10O3. The Morgan fingerprint density at radius 2 is 1.62 bits per heavy atom. The first-order chi connectivity index (χ1) is 7.59. The minimum absolute atomic E-state index is 0.102. The zero-order valence-corrected chi connectivity index (χ0v) is 8.38. The fourth-order valence-electron chi connectivity index (χ4n) is 2.21. The van der Waals surface area contributed by atoms with Crippen LogP contribution >= 0.6 is 0 Å². The third-order valence-electron chi connectivity index (χ3n) is 2.92. The second-order valence-corrected chi connectivity index (χ2v) is 3.96. The van der Waals surface area contributed by atoms with Crippen molar-refractivity contribution in [3.63, 3.8) is 0 Å². The van der Waals surface area contributed by atoms with Crippen LogP contribution in [-0.4, -0.2) is 15.3 Å². The van der Waals surface area contributed by atoms with Crippen LogP contribution in [0, 0.1) is 0 Å². The van der Waals surface area contributed by atoms with Gasteiger partial charge >= 0.3 is 0 Å². The van der Waals surface area contributed by atoms with Gasteiger partial charge in [0.2, 0.25) is 5.79 Å². The van der Waals surface area contributed by atoms with Crippen molar-refractivity contribution in [1.82, 2.24) is 0 Å². The Bertz CT molecular complexity index is 606. The first kappa shape index (κ1) is 9.39. The average Bonchev–Trinajstić information content (AvgIpc) is 2.25. The molecule has 1 aliphatic rings. The van der Waals surface area contributed by atoms with Crippen LogP contribution in [0.15, 0.2) is 42.5 Å². The third kappa shape index (κ3) is 1.10. The molecule has 0 aliphatic heterocycles. The van der Waals surface area contributed by atoms with Crippen molar-refractivity contribution in [3.05, 3.63) is 53.6 Å². The maximum atomic E-state index is 9.83. The molecule has 0 unspecified atom stereocenters. The molecule has 0 fully saturated rings. The number of hydrogen-bond donors (Lipinski definition) is 3. The van der Waals surface area contributed by atoms with E-state index >= 15 is 0 Å². The van der Waals surface area contributed by atoms with Crippen molar-refractivity contribution in [1.29, 1.82) is 0 Å². The van der Waals surface area contributed by atoms with E-state index in [-0.39, 0.29) is 5.76 Å². The van der Waals surface area contributed by atoms with E-state index in [2.05, 4.69) is 0 Å². The van der Waals surface area contributed by atoms with Gasteiger partial charge in [-0.2, -0.15) is 0 Å². The fraction of sp³-hybridized carbons (Fsp3) is 0.0769. The summed E-state index contributed by atoms with van der Waals surface area (Å²) in [5, 5.41) is 31.0. The Morgan fingerprint density at radius 3 is 2.38 bits per heavy atom. The van der Waals surface area contributed by atoms with Crippen LogP contribution in [-0.2, 0) is 5.79 Å². The van der Waals surface area contributed by atoms with E-state index in [9.17, 15) is 15.3 Å². The van der Waals surface area contributed by atoms with E-state index in [1.54, 1.807) is 18.2 Å². The highest BCUT2D eigenvalue weighted by Gasteiger charge is 2.31. The normalized spacial score (nSPS) is 17.2. The van der Waals surface area contributed by atoms with Crippen molar-refractivity contribution in [2.24, 2.45) is 0 Å². The lowest BCUT2D eigenvalue weighted by Gasteiger charge is -2.26. The lowest BCUT2D eigenvalue weighted by Crippen LogP contribution is -2.25. The largest absolute Gasteiger partial charge is 0.507 e. The molecule has 0 radical (unpaired) electrons. The minimum Gasteiger partial charge on any atom is -0.507 e. The molecule has 3 rings (SSSR count). The Labute approximate surface area is 91.9 Å². The zero-order valence-electron chi connectivity index (χ0n) is 8.38. The molecule has 3 nitrogen and oxygen atoms in total. The fourth-order valence-corrected chi connectivity index (χ4v) is 2.21. The summed E-state index contributed by atoms with van der Waals surface area (Å²) in [7, 11) is 0. The van der Waals surface area contributed by atoms with Gasteiger partial charge in [-0.25, -0.2) is 0 Å². The van der Waals surface area contributed by atoms with Gasteiger partial charge in [-0.1, -0.05) is 36.4 Å². The number of benzene rings is 2. The van der Waals surface area contributed by atoms with E-state index in [1.165, 1.54) is 0 Å². The first-order valence-electron chi connectivity index (χ1n) is 4.99. The maximum Gasteiger partial charge on any atom is 0.214 e. The van der Waals surface area contributed by atoms with E-state index in [4.69, 9.17) is 0 Å². The summed E-state index contributed by atoms with van der Waals surface area (Å²) in [5.41, 5.74) is 1.03. The summed E-state index contributed by atoms with van der Waals surface area (Å²) in [6.07, 6.45) is 1.05. The van der Waals surface area contributed by atoms with Crippen molar-refractivity contribution in [2.75, 3.05) is 0 Å². The van der Waals surface area contributed by atoms with Crippen LogP contribution in [0.3, 0.4) is 0 Å². The maximum absolute atomic E-state index is 9.83. The molecule has 0 atom stereocenters. The highest BCUT2D eigenvalue weighted by atomic mass is 16.5. The van der Waals surface area contributed by atoms with E-state index in [1.807, 2.05) is 18.2 Å².